The quantitative estimate of drug-likeness (QED) is 0.725. The van der Waals surface area contributed by atoms with Crippen LogP contribution >= 0.6 is 0 Å². The molecule has 2 N–H and O–H groups in total. The molecule has 1 aliphatic heterocycles. The van der Waals surface area contributed by atoms with Gasteiger partial charge in [0.25, 0.3) is 0 Å². The number of amides is 1. The third-order valence-electron chi connectivity index (χ3n) is 3.02. The van der Waals surface area contributed by atoms with Gasteiger partial charge in [0.1, 0.15) is 0 Å². The van der Waals surface area contributed by atoms with E-state index in [2.05, 4.69) is 5.32 Å². The smallest absolute Gasteiger partial charge is 0.236 e. The van der Waals surface area contributed by atoms with Gasteiger partial charge in [-0.25, -0.2) is 0 Å². The molecule has 0 unspecified atom stereocenters. The summed E-state index contributed by atoms with van der Waals surface area (Å²) in [7, 11) is 0. The summed E-state index contributed by atoms with van der Waals surface area (Å²) in [5, 5.41) is 12.2. The van der Waals surface area contributed by atoms with Gasteiger partial charge in [0, 0.05) is 31.7 Å². The molecule has 0 aromatic heterocycles. The molecule has 0 radical (unpaired) electrons. The van der Waals surface area contributed by atoms with E-state index >= 15 is 0 Å². The van der Waals surface area contributed by atoms with Gasteiger partial charge in [0.2, 0.25) is 5.91 Å². The molecule has 4 heteroatoms. The number of hydrogen-bond acceptors (Lipinski definition) is 3. The summed E-state index contributed by atoms with van der Waals surface area (Å²) in [5.74, 6) is 0.188. The van der Waals surface area contributed by atoms with Crippen LogP contribution in [0.1, 0.15) is 33.1 Å². The van der Waals surface area contributed by atoms with E-state index in [9.17, 15) is 4.79 Å². The van der Waals surface area contributed by atoms with E-state index in [1.54, 1.807) is 0 Å². The van der Waals surface area contributed by atoms with Crippen LogP contribution < -0.4 is 5.32 Å². The Hall–Kier alpha value is -0.610. The number of aliphatic hydroxyl groups is 1. The summed E-state index contributed by atoms with van der Waals surface area (Å²) in [5.41, 5.74) is -0.151. The van der Waals surface area contributed by atoms with Gasteiger partial charge in [-0.05, 0) is 19.3 Å². The van der Waals surface area contributed by atoms with Crippen molar-refractivity contribution in [3.8, 4) is 0 Å². The average Bonchev–Trinajstić information content (AvgIpc) is 2.30. The standard InChI is InChI=1S/C12H24N2O2/c1-12(2,10-15)9-13-8-11(16)14-6-4-3-5-7-14/h13,15H,3-10H2,1-2H3. The maximum Gasteiger partial charge on any atom is 0.236 e. The first-order valence-electron chi connectivity index (χ1n) is 6.14. The van der Waals surface area contributed by atoms with Gasteiger partial charge in [-0.15, -0.1) is 0 Å². The second-order valence-electron chi connectivity index (χ2n) is 5.37. The fourth-order valence-corrected chi connectivity index (χ4v) is 1.82. The van der Waals surface area contributed by atoms with E-state index in [0.29, 0.717) is 13.1 Å². The van der Waals surface area contributed by atoms with Gasteiger partial charge in [0.05, 0.1) is 6.54 Å². The molecule has 1 fully saturated rings. The van der Waals surface area contributed by atoms with Crippen LogP contribution in [0.2, 0.25) is 0 Å². The largest absolute Gasteiger partial charge is 0.396 e. The minimum Gasteiger partial charge on any atom is -0.396 e. The SMILES string of the molecule is CC(C)(CO)CNCC(=O)N1CCCCC1. The van der Waals surface area contributed by atoms with Gasteiger partial charge in [-0.2, -0.15) is 0 Å². The third kappa shape index (κ3) is 4.49. The Morgan fingerprint density at radius 3 is 2.50 bits per heavy atom. The van der Waals surface area contributed by atoms with Crippen LogP contribution in [0.5, 0.6) is 0 Å². The van der Waals surface area contributed by atoms with Crippen molar-refractivity contribution in [2.45, 2.75) is 33.1 Å². The molecule has 1 rings (SSSR count). The number of piperidine rings is 1. The number of likely N-dealkylation sites (tertiary alicyclic amines) is 1. The van der Waals surface area contributed by atoms with Gasteiger partial charge < -0.3 is 15.3 Å². The zero-order valence-electron chi connectivity index (χ0n) is 10.5. The summed E-state index contributed by atoms with van der Waals surface area (Å²) in [6, 6.07) is 0. The van der Waals surface area contributed by atoms with E-state index in [4.69, 9.17) is 5.11 Å². The summed E-state index contributed by atoms with van der Waals surface area (Å²) >= 11 is 0. The molecule has 1 heterocycles. The van der Waals surface area contributed by atoms with E-state index in [1.807, 2.05) is 18.7 Å². The van der Waals surface area contributed by atoms with Crippen LogP contribution in [-0.2, 0) is 4.79 Å². The Kier molecular flexibility index (Phi) is 5.22. The highest BCUT2D eigenvalue weighted by molar-refractivity contribution is 5.78. The van der Waals surface area contributed by atoms with Crippen molar-refractivity contribution in [2.75, 3.05) is 32.8 Å². The van der Waals surface area contributed by atoms with Crippen LogP contribution in [0.4, 0.5) is 0 Å². The lowest BCUT2D eigenvalue weighted by atomic mass is 9.95. The van der Waals surface area contributed by atoms with Crippen LogP contribution in [0.3, 0.4) is 0 Å². The Morgan fingerprint density at radius 2 is 1.94 bits per heavy atom. The van der Waals surface area contributed by atoms with Crippen LogP contribution in [0, 0.1) is 5.41 Å². The number of carbonyl (C=O) groups is 1. The van der Waals surface area contributed by atoms with Gasteiger partial charge in [-0.1, -0.05) is 13.8 Å². The number of nitrogens with one attached hydrogen (secondary N) is 1. The minimum atomic E-state index is -0.151. The molecule has 0 aliphatic carbocycles. The zero-order chi connectivity index (χ0) is 12.0. The Balaban J connectivity index is 2.19. The summed E-state index contributed by atoms with van der Waals surface area (Å²) < 4.78 is 0. The molecule has 4 nitrogen and oxygen atoms in total. The van der Waals surface area contributed by atoms with Crippen molar-refractivity contribution in [3.63, 3.8) is 0 Å². The van der Waals surface area contributed by atoms with Gasteiger partial charge in [-0.3, -0.25) is 4.79 Å². The molecule has 94 valence electrons. The molecule has 0 aromatic carbocycles. The highest BCUT2D eigenvalue weighted by Gasteiger charge is 2.19. The first-order valence-corrected chi connectivity index (χ1v) is 6.14. The second kappa shape index (κ2) is 6.21. The molecular weight excluding hydrogens is 204 g/mol. The molecule has 1 aliphatic rings. The van der Waals surface area contributed by atoms with Crippen molar-refractivity contribution in [3.05, 3.63) is 0 Å². The lowest BCUT2D eigenvalue weighted by Crippen LogP contribution is -2.43. The number of carbonyl (C=O) groups excluding carboxylic acids is 1. The van der Waals surface area contributed by atoms with Crippen molar-refractivity contribution in [2.24, 2.45) is 5.41 Å². The zero-order valence-corrected chi connectivity index (χ0v) is 10.5. The number of aliphatic hydroxyl groups excluding tert-OH is 1. The molecule has 1 saturated heterocycles. The maximum atomic E-state index is 11.8. The Labute approximate surface area is 98.0 Å². The Bertz CT molecular complexity index is 223. The third-order valence-corrected chi connectivity index (χ3v) is 3.02. The van der Waals surface area contributed by atoms with Gasteiger partial charge in [0.15, 0.2) is 0 Å². The minimum absolute atomic E-state index is 0.137. The van der Waals surface area contributed by atoms with Crippen molar-refractivity contribution in [1.82, 2.24) is 10.2 Å². The first-order chi connectivity index (χ1) is 7.55. The van der Waals surface area contributed by atoms with Crippen molar-refractivity contribution < 1.29 is 9.90 Å². The average molecular weight is 228 g/mol. The molecule has 1 amide bonds. The van der Waals surface area contributed by atoms with Crippen molar-refractivity contribution >= 4 is 5.91 Å². The molecule has 0 bridgehead atoms. The lowest BCUT2D eigenvalue weighted by molar-refractivity contribution is -0.131. The van der Waals surface area contributed by atoms with E-state index in [-0.39, 0.29) is 17.9 Å². The predicted octanol–water partition coefficient (Wildman–Crippen LogP) is 0.607. The van der Waals surface area contributed by atoms with Crippen LogP contribution in [-0.4, -0.2) is 48.7 Å². The number of nitrogens with zero attached hydrogens (tertiary/aromatic N) is 1. The monoisotopic (exact) mass is 228 g/mol. The van der Waals surface area contributed by atoms with Gasteiger partial charge >= 0.3 is 0 Å². The predicted molar refractivity (Wildman–Crippen MR) is 64.2 cm³/mol. The first kappa shape index (κ1) is 13.5. The second-order valence-corrected chi connectivity index (χ2v) is 5.37. The molecule has 0 saturated carbocycles. The molecule has 0 atom stereocenters. The summed E-state index contributed by atoms with van der Waals surface area (Å²) in [6.45, 7) is 6.97. The fourth-order valence-electron chi connectivity index (χ4n) is 1.82. The Morgan fingerprint density at radius 1 is 1.31 bits per heavy atom. The normalized spacial score (nSPS) is 17.6. The van der Waals surface area contributed by atoms with Crippen LogP contribution in [0.15, 0.2) is 0 Å². The number of hydrogen-bond donors (Lipinski definition) is 2. The van der Waals surface area contributed by atoms with Crippen molar-refractivity contribution in [1.29, 1.82) is 0 Å². The van der Waals surface area contributed by atoms with E-state index < -0.39 is 0 Å². The maximum absolute atomic E-state index is 11.8. The highest BCUT2D eigenvalue weighted by Crippen LogP contribution is 2.11. The van der Waals surface area contributed by atoms with E-state index in [1.165, 1.54) is 6.42 Å². The molecule has 0 aromatic rings. The molecule has 0 spiro atoms. The fraction of sp³-hybridized carbons (Fsp3) is 0.917. The topological polar surface area (TPSA) is 52.6 Å². The summed E-state index contributed by atoms with van der Waals surface area (Å²) in [4.78, 5) is 13.7. The number of rotatable bonds is 5. The van der Waals surface area contributed by atoms with Crippen LogP contribution in [0.25, 0.3) is 0 Å². The highest BCUT2D eigenvalue weighted by atomic mass is 16.3. The van der Waals surface area contributed by atoms with E-state index in [0.717, 1.165) is 25.9 Å². The lowest BCUT2D eigenvalue weighted by Gasteiger charge is -2.28. The summed E-state index contributed by atoms with van der Waals surface area (Å²) in [6.07, 6.45) is 3.51. The molecule has 16 heavy (non-hydrogen) atoms. The molecular formula is C12H24N2O2.